The fourth-order valence-corrected chi connectivity index (χ4v) is 2.05. The summed E-state index contributed by atoms with van der Waals surface area (Å²) in [6.07, 6.45) is 3.11. The Morgan fingerprint density at radius 3 is 2.73 bits per heavy atom. The lowest BCUT2D eigenvalue weighted by Crippen LogP contribution is -2.35. The van der Waals surface area contributed by atoms with Crippen LogP contribution >= 0.6 is 24.0 Å². The van der Waals surface area contributed by atoms with Crippen LogP contribution in [0.1, 0.15) is 19.3 Å². The van der Waals surface area contributed by atoms with Crippen molar-refractivity contribution in [3.05, 3.63) is 11.6 Å². The van der Waals surface area contributed by atoms with E-state index in [2.05, 4.69) is 11.9 Å². The molecule has 2 atom stereocenters. The molecule has 0 bridgehead atoms. The minimum atomic E-state index is 0. The van der Waals surface area contributed by atoms with Gasteiger partial charge in [0.05, 0.1) is 6.54 Å². The Morgan fingerprint density at radius 1 is 1.53 bits per heavy atom. The Balaban J connectivity index is 0.00000196. The highest BCUT2D eigenvalue weighted by Gasteiger charge is 2.31. The summed E-state index contributed by atoms with van der Waals surface area (Å²) in [5.41, 5.74) is 5.59. The molecule has 0 aromatic carbocycles. The van der Waals surface area contributed by atoms with Gasteiger partial charge in [-0.1, -0.05) is 24.6 Å². The van der Waals surface area contributed by atoms with Gasteiger partial charge >= 0.3 is 0 Å². The summed E-state index contributed by atoms with van der Waals surface area (Å²) >= 11 is 5.56. The molecule has 0 unspecified atom stereocenters. The first kappa shape index (κ1) is 14.8. The molecule has 0 heterocycles. The fraction of sp³-hybridized carbons (Fsp3) is 0.700. The first-order valence-corrected chi connectivity index (χ1v) is 5.34. The maximum Gasteiger partial charge on any atom is 0.223 e. The number of nitrogens with one attached hydrogen (secondary N) is 1. The van der Waals surface area contributed by atoms with Crippen LogP contribution in [0, 0.1) is 11.8 Å². The van der Waals surface area contributed by atoms with Crippen LogP contribution in [0.15, 0.2) is 11.6 Å². The SMILES string of the molecule is C=C(Cl)CNC(=O)[C@@H]1CCC[C@@H]1CN.Cl. The molecule has 0 spiro atoms. The second-order valence-electron chi connectivity index (χ2n) is 3.77. The smallest absolute Gasteiger partial charge is 0.223 e. The highest BCUT2D eigenvalue weighted by atomic mass is 35.5. The van der Waals surface area contributed by atoms with Gasteiger partial charge in [0, 0.05) is 11.0 Å². The Hall–Kier alpha value is -0.250. The maximum absolute atomic E-state index is 11.7. The van der Waals surface area contributed by atoms with Gasteiger partial charge in [-0.2, -0.15) is 0 Å². The van der Waals surface area contributed by atoms with Gasteiger partial charge < -0.3 is 11.1 Å². The molecule has 3 N–H and O–H groups in total. The molecule has 0 aliphatic heterocycles. The molecule has 0 aromatic rings. The van der Waals surface area contributed by atoms with Crippen LogP contribution in [0.2, 0.25) is 0 Å². The van der Waals surface area contributed by atoms with Crippen molar-refractivity contribution in [1.29, 1.82) is 0 Å². The second kappa shape index (κ2) is 7.09. The monoisotopic (exact) mass is 252 g/mol. The van der Waals surface area contributed by atoms with E-state index in [1.54, 1.807) is 0 Å². The fourth-order valence-electron chi connectivity index (χ4n) is 1.98. The van der Waals surface area contributed by atoms with E-state index in [-0.39, 0.29) is 24.2 Å². The Labute approximate surface area is 102 Å². The van der Waals surface area contributed by atoms with Crippen LogP contribution in [0.4, 0.5) is 0 Å². The number of carbonyl (C=O) groups is 1. The van der Waals surface area contributed by atoms with E-state index in [9.17, 15) is 4.79 Å². The molecule has 1 aliphatic rings. The van der Waals surface area contributed by atoms with Gasteiger partial charge in [0.1, 0.15) is 0 Å². The van der Waals surface area contributed by atoms with Crippen molar-refractivity contribution in [2.24, 2.45) is 17.6 Å². The number of hydrogen-bond donors (Lipinski definition) is 2. The average Bonchev–Trinajstić information content (AvgIpc) is 2.61. The lowest BCUT2D eigenvalue weighted by molar-refractivity contribution is -0.125. The average molecular weight is 253 g/mol. The van der Waals surface area contributed by atoms with E-state index in [0.717, 1.165) is 19.3 Å². The van der Waals surface area contributed by atoms with Crippen LogP contribution in [0.3, 0.4) is 0 Å². The molecule has 88 valence electrons. The van der Waals surface area contributed by atoms with Crippen molar-refractivity contribution in [1.82, 2.24) is 5.32 Å². The van der Waals surface area contributed by atoms with E-state index < -0.39 is 0 Å². The standard InChI is InChI=1S/C10H17ClN2O.ClH/c1-7(11)6-13-10(14)9-4-2-3-8(9)5-12;/h8-9H,1-6,12H2,(H,13,14);1H/t8-,9-;/m1./s1. The van der Waals surface area contributed by atoms with Crippen LogP contribution in [0.25, 0.3) is 0 Å². The van der Waals surface area contributed by atoms with Crippen LogP contribution < -0.4 is 11.1 Å². The third kappa shape index (κ3) is 4.41. The molecular formula is C10H18Cl2N2O. The molecule has 1 aliphatic carbocycles. The van der Waals surface area contributed by atoms with E-state index >= 15 is 0 Å². The summed E-state index contributed by atoms with van der Waals surface area (Å²) in [5, 5.41) is 3.22. The minimum Gasteiger partial charge on any atom is -0.351 e. The molecule has 0 saturated heterocycles. The largest absolute Gasteiger partial charge is 0.351 e. The van der Waals surface area contributed by atoms with E-state index in [1.165, 1.54) is 0 Å². The highest BCUT2D eigenvalue weighted by Crippen LogP contribution is 2.30. The first-order valence-electron chi connectivity index (χ1n) is 4.96. The lowest BCUT2D eigenvalue weighted by atomic mass is 9.95. The molecular weight excluding hydrogens is 235 g/mol. The summed E-state index contributed by atoms with van der Waals surface area (Å²) in [6.45, 7) is 4.47. The molecule has 3 nitrogen and oxygen atoms in total. The van der Waals surface area contributed by atoms with Crippen molar-refractivity contribution < 1.29 is 4.79 Å². The quantitative estimate of drug-likeness (QED) is 0.800. The van der Waals surface area contributed by atoms with Crippen molar-refractivity contribution in [3.8, 4) is 0 Å². The Bertz CT molecular complexity index is 233. The zero-order valence-corrected chi connectivity index (χ0v) is 10.2. The van der Waals surface area contributed by atoms with Crippen LogP contribution in [-0.4, -0.2) is 19.0 Å². The van der Waals surface area contributed by atoms with Gasteiger partial charge in [0.15, 0.2) is 0 Å². The predicted octanol–water partition coefficient (Wildman–Crippen LogP) is 1.65. The van der Waals surface area contributed by atoms with Gasteiger partial charge in [0.2, 0.25) is 5.91 Å². The number of amides is 1. The lowest BCUT2D eigenvalue weighted by Gasteiger charge is -2.16. The maximum atomic E-state index is 11.7. The molecule has 1 saturated carbocycles. The van der Waals surface area contributed by atoms with Gasteiger partial charge in [-0.05, 0) is 25.3 Å². The molecule has 1 fully saturated rings. The van der Waals surface area contributed by atoms with Crippen molar-refractivity contribution in [3.63, 3.8) is 0 Å². The highest BCUT2D eigenvalue weighted by molar-refractivity contribution is 6.29. The van der Waals surface area contributed by atoms with Gasteiger partial charge in [-0.25, -0.2) is 0 Å². The number of carbonyl (C=O) groups excluding carboxylic acids is 1. The van der Waals surface area contributed by atoms with Gasteiger partial charge in [0.25, 0.3) is 0 Å². The van der Waals surface area contributed by atoms with E-state index in [1.807, 2.05) is 0 Å². The van der Waals surface area contributed by atoms with Gasteiger partial charge in [-0.3, -0.25) is 4.79 Å². The summed E-state index contributed by atoms with van der Waals surface area (Å²) < 4.78 is 0. The molecule has 0 radical (unpaired) electrons. The molecule has 1 amide bonds. The third-order valence-electron chi connectivity index (χ3n) is 2.75. The third-order valence-corrected chi connectivity index (χ3v) is 2.89. The van der Waals surface area contributed by atoms with E-state index in [0.29, 0.717) is 24.0 Å². The summed E-state index contributed by atoms with van der Waals surface area (Å²) in [4.78, 5) is 11.7. The van der Waals surface area contributed by atoms with Crippen molar-refractivity contribution >= 4 is 29.9 Å². The van der Waals surface area contributed by atoms with Crippen LogP contribution in [-0.2, 0) is 4.79 Å². The number of rotatable bonds is 4. The van der Waals surface area contributed by atoms with E-state index in [4.69, 9.17) is 17.3 Å². The van der Waals surface area contributed by atoms with Crippen molar-refractivity contribution in [2.75, 3.05) is 13.1 Å². The van der Waals surface area contributed by atoms with Crippen molar-refractivity contribution in [2.45, 2.75) is 19.3 Å². The topological polar surface area (TPSA) is 55.1 Å². The van der Waals surface area contributed by atoms with Crippen LogP contribution in [0.5, 0.6) is 0 Å². The first-order chi connectivity index (χ1) is 6.65. The molecule has 1 rings (SSSR count). The second-order valence-corrected chi connectivity index (χ2v) is 4.30. The number of nitrogens with two attached hydrogens (primary N) is 1. The molecule has 0 aromatic heterocycles. The van der Waals surface area contributed by atoms with Gasteiger partial charge in [-0.15, -0.1) is 12.4 Å². The predicted molar refractivity (Wildman–Crippen MR) is 65.1 cm³/mol. The zero-order chi connectivity index (χ0) is 10.6. The Kier molecular flexibility index (Phi) is 6.98. The summed E-state index contributed by atoms with van der Waals surface area (Å²) in [6, 6.07) is 0. The minimum absolute atomic E-state index is 0. The Morgan fingerprint density at radius 2 is 2.20 bits per heavy atom. The number of halogens is 2. The molecule has 5 heteroatoms. The number of hydrogen-bond acceptors (Lipinski definition) is 2. The summed E-state index contributed by atoms with van der Waals surface area (Å²) in [7, 11) is 0. The normalized spacial score (nSPS) is 24.4. The molecule has 15 heavy (non-hydrogen) atoms. The zero-order valence-electron chi connectivity index (χ0n) is 8.67. The summed E-state index contributed by atoms with van der Waals surface area (Å²) in [5.74, 6) is 0.495.